The molecule has 0 unspecified atom stereocenters. The van der Waals surface area contributed by atoms with Gasteiger partial charge in [-0.2, -0.15) is 0 Å². The van der Waals surface area contributed by atoms with E-state index in [0.717, 1.165) is 42.6 Å². The van der Waals surface area contributed by atoms with Gasteiger partial charge in [-0.15, -0.1) is 11.3 Å². The van der Waals surface area contributed by atoms with Gasteiger partial charge in [0.05, 0.1) is 6.61 Å². The zero-order valence-corrected chi connectivity index (χ0v) is 12.5. The lowest BCUT2D eigenvalue weighted by Gasteiger charge is -2.04. The monoisotopic (exact) mass is 291 g/mol. The molecule has 18 heavy (non-hydrogen) atoms. The fourth-order valence-corrected chi connectivity index (χ4v) is 4.18. The molecule has 0 saturated carbocycles. The summed E-state index contributed by atoms with van der Waals surface area (Å²) in [4.78, 5) is 0.710. The van der Waals surface area contributed by atoms with Gasteiger partial charge in [-0.3, -0.25) is 0 Å². The summed E-state index contributed by atoms with van der Waals surface area (Å²) in [6.07, 6.45) is 4.18. The van der Waals surface area contributed by atoms with Gasteiger partial charge in [0.2, 0.25) is 10.0 Å². The van der Waals surface area contributed by atoms with E-state index < -0.39 is 10.0 Å². The summed E-state index contributed by atoms with van der Waals surface area (Å²) in [6, 6.07) is 1.62. The molecule has 2 N–H and O–H groups in total. The van der Waals surface area contributed by atoms with E-state index in [4.69, 9.17) is 5.11 Å². The molecule has 0 aromatic carbocycles. The second-order valence-electron chi connectivity index (χ2n) is 4.29. The third kappa shape index (κ3) is 4.35. The van der Waals surface area contributed by atoms with Crippen molar-refractivity contribution in [2.24, 2.45) is 0 Å². The average Bonchev–Trinajstić information content (AvgIpc) is 2.71. The van der Waals surface area contributed by atoms with Crippen LogP contribution in [0.3, 0.4) is 0 Å². The van der Waals surface area contributed by atoms with Crippen molar-refractivity contribution in [3.05, 3.63) is 16.5 Å². The Bertz CT molecular complexity index is 466. The minimum Gasteiger partial charge on any atom is -0.391 e. The highest BCUT2D eigenvalue weighted by Gasteiger charge is 2.17. The van der Waals surface area contributed by atoms with Crippen LogP contribution in [-0.2, 0) is 16.6 Å². The van der Waals surface area contributed by atoms with Crippen molar-refractivity contribution in [2.75, 3.05) is 6.54 Å². The van der Waals surface area contributed by atoms with E-state index in [-0.39, 0.29) is 6.61 Å². The Labute approximate surface area is 113 Å². The Hall–Kier alpha value is -0.430. The first-order chi connectivity index (χ1) is 8.51. The number of thiophene rings is 1. The van der Waals surface area contributed by atoms with Crippen LogP contribution in [0.4, 0.5) is 0 Å². The van der Waals surface area contributed by atoms with Gasteiger partial charge in [-0.05, 0) is 25.0 Å². The van der Waals surface area contributed by atoms with Crippen molar-refractivity contribution < 1.29 is 13.5 Å². The lowest BCUT2D eigenvalue weighted by atomic mass is 10.2. The smallest absolute Gasteiger partial charge is 0.250 e. The maximum atomic E-state index is 12.0. The van der Waals surface area contributed by atoms with Crippen molar-refractivity contribution in [1.29, 1.82) is 0 Å². The zero-order valence-electron chi connectivity index (χ0n) is 10.9. The van der Waals surface area contributed by atoms with Crippen LogP contribution in [0, 0.1) is 6.92 Å². The normalized spacial score (nSPS) is 11.9. The van der Waals surface area contributed by atoms with E-state index in [9.17, 15) is 8.42 Å². The highest BCUT2D eigenvalue weighted by molar-refractivity contribution is 7.91. The van der Waals surface area contributed by atoms with Crippen LogP contribution in [0.5, 0.6) is 0 Å². The highest BCUT2D eigenvalue weighted by Crippen LogP contribution is 2.25. The molecule has 0 radical (unpaired) electrons. The summed E-state index contributed by atoms with van der Waals surface area (Å²) in [6.45, 7) is 4.30. The molecule has 0 amide bonds. The molecule has 1 rings (SSSR count). The zero-order chi connectivity index (χ0) is 13.6. The van der Waals surface area contributed by atoms with E-state index in [1.54, 1.807) is 6.07 Å². The molecular weight excluding hydrogens is 270 g/mol. The second kappa shape index (κ2) is 7.23. The molecule has 1 aromatic heterocycles. The van der Waals surface area contributed by atoms with Crippen LogP contribution in [0.1, 0.15) is 43.0 Å². The number of unbranched alkanes of at least 4 members (excludes halogenated alkanes) is 3. The molecule has 4 nitrogen and oxygen atoms in total. The number of rotatable bonds is 8. The molecular formula is C12H21NO3S2. The minimum atomic E-state index is -3.40. The van der Waals surface area contributed by atoms with Crippen LogP contribution < -0.4 is 4.72 Å². The maximum absolute atomic E-state index is 12.0. The fraction of sp³-hybridized carbons (Fsp3) is 0.667. The Morgan fingerprint density at radius 2 is 2.06 bits per heavy atom. The van der Waals surface area contributed by atoms with Gasteiger partial charge in [0, 0.05) is 11.4 Å². The lowest BCUT2D eigenvalue weighted by molar-refractivity contribution is 0.285. The van der Waals surface area contributed by atoms with E-state index in [1.165, 1.54) is 0 Å². The van der Waals surface area contributed by atoms with Crippen LogP contribution in [-0.4, -0.2) is 20.1 Å². The predicted octanol–water partition coefficient (Wildman–Crippen LogP) is 2.41. The largest absolute Gasteiger partial charge is 0.391 e. The van der Waals surface area contributed by atoms with Gasteiger partial charge in [-0.1, -0.05) is 26.2 Å². The lowest BCUT2D eigenvalue weighted by Crippen LogP contribution is -2.23. The number of aryl methyl sites for hydroxylation is 1. The molecule has 0 saturated heterocycles. The molecule has 6 heteroatoms. The first-order valence-corrected chi connectivity index (χ1v) is 8.51. The van der Waals surface area contributed by atoms with Gasteiger partial charge in [0.25, 0.3) is 0 Å². The number of aliphatic hydroxyl groups is 1. The Morgan fingerprint density at radius 3 is 2.61 bits per heavy atom. The SMILES string of the molecule is CCCCCCNS(=O)(=O)c1cc(C)c(CO)s1. The molecule has 0 aliphatic heterocycles. The summed E-state index contributed by atoms with van der Waals surface area (Å²) in [5.41, 5.74) is 0.828. The van der Waals surface area contributed by atoms with Crippen LogP contribution in [0.25, 0.3) is 0 Å². The van der Waals surface area contributed by atoms with Crippen LogP contribution in [0.15, 0.2) is 10.3 Å². The molecule has 0 bridgehead atoms. The van der Waals surface area contributed by atoms with Crippen molar-refractivity contribution >= 4 is 21.4 Å². The van der Waals surface area contributed by atoms with E-state index in [0.29, 0.717) is 15.6 Å². The van der Waals surface area contributed by atoms with E-state index >= 15 is 0 Å². The van der Waals surface area contributed by atoms with Gasteiger partial charge < -0.3 is 5.11 Å². The van der Waals surface area contributed by atoms with Crippen molar-refractivity contribution in [3.8, 4) is 0 Å². The summed E-state index contributed by atoms with van der Waals surface area (Å²) < 4.78 is 26.8. The third-order valence-corrected chi connectivity index (χ3v) is 5.89. The van der Waals surface area contributed by atoms with Crippen molar-refractivity contribution in [2.45, 2.75) is 50.3 Å². The Morgan fingerprint density at radius 1 is 1.33 bits per heavy atom. The molecule has 0 fully saturated rings. The molecule has 1 aromatic rings. The standard InChI is InChI=1S/C12H21NO3S2/c1-3-4-5-6-7-13-18(15,16)12-8-10(2)11(9-14)17-12/h8,13-14H,3-7,9H2,1-2H3. The summed E-state index contributed by atoms with van der Waals surface area (Å²) >= 11 is 1.13. The van der Waals surface area contributed by atoms with E-state index in [2.05, 4.69) is 11.6 Å². The predicted molar refractivity (Wildman–Crippen MR) is 74.3 cm³/mol. The maximum Gasteiger partial charge on any atom is 0.250 e. The molecule has 0 aliphatic carbocycles. The number of nitrogens with one attached hydrogen (secondary N) is 1. The summed E-state index contributed by atoms with van der Waals surface area (Å²) in [5, 5.41) is 9.07. The molecule has 1 heterocycles. The van der Waals surface area contributed by atoms with Gasteiger partial charge in [0.1, 0.15) is 4.21 Å². The fourth-order valence-electron chi connectivity index (χ4n) is 1.61. The minimum absolute atomic E-state index is 0.109. The highest BCUT2D eigenvalue weighted by atomic mass is 32.2. The van der Waals surface area contributed by atoms with Crippen LogP contribution >= 0.6 is 11.3 Å². The van der Waals surface area contributed by atoms with Gasteiger partial charge >= 0.3 is 0 Å². The van der Waals surface area contributed by atoms with E-state index in [1.807, 2.05) is 6.92 Å². The molecule has 0 aliphatic rings. The van der Waals surface area contributed by atoms with Crippen LogP contribution in [0.2, 0.25) is 0 Å². The van der Waals surface area contributed by atoms with Crippen molar-refractivity contribution in [3.63, 3.8) is 0 Å². The quantitative estimate of drug-likeness (QED) is 0.723. The Kier molecular flexibility index (Phi) is 6.28. The van der Waals surface area contributed by atoms with Gasteiger partial charge in [-0.25, -0.2) is 13.1 Å². The average molecular weight is 291 g/mol. The number of hydrogen-bond acceptors (Lipinski definition) is 4. The first-order valence-electron chi connectivity index (χ1n) is 6.21. The molecule has 0 spiro atoms. The first kappa shape index (κ1) is 15.6. The van der Waals surface area contributed by atoms with Crippen molar-refractivity contribution in [1.82, 2.24) is 4.72 Å². The molecule has 0 atom stereocenters. The number of aliphatic hydroxyl groups excluding tert-OH is 1. The summed E-state index contributed by atoms with van der Waals surface area (Å²) in [7, 11) is -3.40. The summed E-state index contributed by atoms with van der Waals surface area (Å²) in [5.74, 6) is 0. The molecule has 104 valence electrons. The topological polar surface area (TPSA) is 66.4 Å². The third-order valence-electron chi connectivity index (χ3n) is 2.73. The second-order valence-corrected chi connectivity index (χ2v) is 7.42. The number of hydrogen-bond donors (Lipinski definition) is 2. The van der Waals surface area contributed by atoms with Gasteiger partial charge in [0.15, 0.2) is 0 Å². The Balaban J connectivity index is 2.57. The number of sulfonamides is 1.